The summed E-state index contributed by atoms with van der Waals surface area (Å²) < 4.78 is 137. The number of aliphatic hydroxyl groups is 6. The van der Waals surface area contributed by atoms with Crippen LogP contribution in [0.4, 0.5) is 0 Å². The minimum Gasteiger partial charge on any atom is -0.505 e. The third kappa shape index (κ3) is 13.1. The van der Waals surface area contributed by atoms with Gasteiger partial charge in [-0.15, -0.1) is 0 Å². The largest absolute Gasteiger partial charge is 0.505 e. The van der Waals surface area contributed by atoms with Crippen LogP contribution in [-0.2, 0) is 109 Å². The quantitative estimate of drug-likeness (QED) is 0.0987. The van der Waals surface area contributed by atoms with E-state index in [0.717, 1.165) is 0 Å². The van der Waals surface area contributed by atoms with E-state index < -0.39 is 235 Å². The number of esters is 2. The zero-order valence-corrected chi connectivity index (χ0v) is 55.6. The molecule has 1 aromatic carbocycles. The van der Waals surface area contributed by atoms with E-state index in [4.69, 9.17) is 127 Å². The standard InChI is InChI=1S/C60H88Cl2O32/c1-20(2)52(70)86-48-45-31(91-60(92-45)51-50(77-19-78-51)59(72,26(8)63)27(9)90-60)18-76-55(48)88-56-47(75-13)39(68)44(30(82-56)17-73-11)87-54-40(69)46(43(74-12)23(5)81-54)84-33-16-57(10)49(25(7)80-33)93-58(94-57)15-29(65)42(24(6)89-58)83-32-14-28(64)41(22(4)79-32)85-53(71)34-21(3)35(61)38(67)36(62)37(34)66/h20,22-33,39-51,54-56,63-69,72H,14-19H2,1-13H3/t22-,23-,24-,25-,26?,27-,28-,29-,30-,31+,32+,33+,39+,40-,41-,42-,43+,44-,45-,46-,47+,48-,49-,50-,51-,54+,55-,56+,57-,58?,59+,60-/m1/s1. The second kappa shape index (κ2) is 28.0. The van der Waals surface area contributed by atoms with Gasteiger partial charge < -0.3 is 145 Å². The minimum absolute atomic E-state index is 0.00130. The molecule has 0 radical (unpaired) electrons. The number of carbonyl (C=O) groups is 2. The highest BCUT2D eigenvalue weighted by Gasteiger charge is 2.73. The van der Waals surface area contributed by atoms with Gasteiger partial charge in [0.2, 0.25) is 6.29 Å². The Morgan fingerprint density at radius 2 is 1.32 bits per heavy atom. The van der Waals surface area contributed by atoms with Crippen molar-refractivity contribution < 1.29 is 155 Å². The van der Waals surface area contributed by atoms with Crippen LogP contribution in [0.1, 0.15) is 97.5 Å². The molecule has 11 rings (SSSR count). The highest BCUT2D eigenvalue weighted by Crippen LogP contribution is 2.53. The summed E-state index contributed by atoms with van der Waals surface area (Å²) in [6, 6.07) is 0. The van der Waals surface area contributed by atoms with Gasteiger partial charge in [-0.2, -0.15) is 0 Å². The second-order valence-corrected chi connectivity index (χ2v) is 27.0. The van der Waals surface area contributed by atoms with Gasteiger partial charge in [-0.1, -0.05) is 37.0 Å². The second-order valence-electron chi connectivity index (χ2n) is 26.2. The van der Waals surface area contributed by atoms with Crippen molar-refractivity contribution in [3.63, 3.8) is 0 Å². The van der Waals surface area contributed by atoms with Gasteiger partial charge in [-0.3, -0.25) is 4.79 Å². The Labute approximate surface area is 551 Å². The zero-order valence-electron chi connectivity index (χ0n) is 54.1. The molecule has 32 atom stereocenters. The predicted octanol–water partition coefficient (Wildman–Crippen LogP) is 0.541. The molecular weight excluding hydrogens is 1300 g/mol. The molecular formula is C60H88Cl2O32. The molecule has 534 valence electrons. The van der Waals surface area contributed by atoms with Crippen LogP contribution in [0.15, 0.2) is 0 Å². The van der Waals surface area contributed by atoms with Crippen LogP contribution in [0.2, 0.25) is 10.0 Å². The summed E-state index contributed by atoms with van der Waals surface area (Å²) >= 11 is 12.1. The fourth-order valence-electron chi connectivity index (χ4n) is 14.5. The molecule has 8 N–H and O–H groups in total. The summed E-state index contributed by atoms with van der Waals surface area (Å²) in [4.78, 5) is 26.8. The maximum absolute atomic E-state index is 13.5. The van der Waals surface area contributed by atoms with Gasteiger partial charge >= 0.3 is 17.9 Å². The summed E-state index contributed by atoms with van der Waals surface area (Å²) in [6.07, 6.45) is -34.0. The number of phenols is 2. The Morgan fingerprint density at radius 3 is 1.98 bits per heavy atom. The number of halogens is 2. The van der Waals surface area contributed by atoms with E-state index in [-0.39, 0.29) is 49.9 Å². The van der Waals surface area contributed by atoms with E-state index in [2.05, 4.69) is 0 Å². The number of phenolic OH excluding ortho intramolecular Hbond substituents is 2. The summed E-state index contributed by atoms with van der Waals surface area (Å²) in [5.41, 5.74) is -3.55. The van der Waals surface area contributed by atoms with Crippen molar-refractivity contribution in [3.05, 3.63) is 21.2 Å². The van der Waals surface area contributed by atoms with Gasteiger partial charge in [0.05, 0.1) is 79.4 Å². The number of benzene rings is 1. The van der Waals surface area contributed by atoms with Gasteiger partial charge in [0, 0.05) is 34.2 Å². The third-order valence-corrected chi connectivity index (χ3v) is 20.2. The summed E-state index contributed by atoms with van der Waals surface area (Å²) in [5.74, 6) is -7.60. The molecule has 1 aromatic rings. The third-order valence-electron chi connectivity index (χ3n) is 19.4. The first-order valence-corrected chi connectivity index (χ1v) is 32.2. The lowest BCUT2D eigenvalue weighted by molar-refractivity contribution is -0.439. The molecule has 10 aliphatic heterocycles. The Bertz CT molecular complexity index is 2790. The summed E-state index contributed by atoms with van der Waals surface area (Å²) in [7, 11) is 4.10. The minimum atomic E-state index is -2.03. The van der Waals surface area contributed by atoms with Crippen molar-refractivity contribution in [3.8, 4) is 11.5 Å². The normalized spacial score (nSPS) is 48.1. The number of hydrogen-bond acceptors (Lipinski definition) is 32. The van der Waals surface area contributed by atoms with E-state index in [1.54, 1.807) is 41.5 Å². The maximum Gasteiger partial charge on any atom is 0.342 e. The Hall–Kier alpha value is -2.70. The number of aromatic hydroxyl groups is 2. The lowest BCUT2D eigenvalue weighted by Gasteiger charge is -2.51. The molecule has 32 nitrogen and oxygen atoms in total. The van der Waals surface area contributed by atoms with Gasteiger partial charge in [-0.25, -0.2) is 4.79 Å². The number of carbonyl (C=O) groups excluding carboxylic acids is 2. The monoisotopic (exact) mass is 1390 g/mol. The van der Waals surface area contributed by atoms with Crippen LogP contribution in [0.25, 0.3) is 0 Å². The van der Waals surface area contributed by atoms with Crippen LogP contribution < -0.4 is 0 Å². The van der Waals surface area contributed by atoms with E-state index in [1.165, 1.54) is 49.0 Å². The Kier molecular flexibility index (Phi) is 21.6. The van der Waals surface area contributed by atoms with Crippen LogP contribution in [0.3, 0.4) is 0 Å². The van der Waals surface area contributed by atoms with Gasteiger partial charge in [0.1, 0.15) is 102 Å². The SMILES string of the molecule is COC[C@H]1O[C@@H](O[C@H]2OC[C@@H]3O[C@]4(O[C@H]3[C@H]2OC(=O)C(C)C)O[C@H](C)[C@@](O)(C(C)O)[C@@H]2OCO[C@H]24)[C@@H](OC)[C@@H](O)[C@@H]1O[C@@H]1O[C@H](C)[C@H](OC)[C@H](O[C@H]2C[C@@]3(C)OC4(C[C@@H](O)[C@H](O[C@H]5C[C@@H](O)[C@H](OC(=O)c6c(C)c(Cl)c(O)c(Cl)c6O)[C@@H](C)O5)[C@@H](C)O4)O[C@@H]3[C@@H](C)O2)[C@H]1O. The number of ether oxygens (including phenoxy) is 22. The van der Waals surface area contributed by atoms with Crippen molar-refractivity contribution in [1.82, 2.24) is 0 Å². The van der Waals surface area contributed by atoms with Crippen LogP contribution >= 0.6 is 23.2 Å². The van der Waals surface area contributed by atoms with Crippen molar-refractivity contribution >= 4 is 35.1 Å². The van der Waals surface area contributed by atoms with Crippen molar-refractivity contribution in [1.29, 1.82) is 0 Å². The van der Waals surface area contributed by atoms with Gasteiger partial charge in [-0.05, 0) is 61.0 Å². The molecule has 2 spiro atoms. The molecule has 10 saturated heterocycles. The number of methoxy groups -OCH3 is 3. The van der Waals surface area contributed by atoms with Crippen molar-refractivity contribution in [2.75, 3.05) is 41.3 Å². The fraction of sp³-hybridized carbons (Fsp3) is 0.867. The Morgan fingerprint density at radius 1 is 0.638 bits per heavy atom. The molecule has 0 bridgehead atoms. The van der Waals surface area contributed by atoms with E-state index in [1.807, 2.05) is 0 Å². The molecule has 94 heavy (non-hydrogen) atoms. The van der Waals surface area contributed by atoms with Crippen molar-refractivity contribution in [2.45, 2.75) is 283 Å². The van der Waals surface area contributed by atoms with E-state index in [0.29, 0.717) is 0 Å². The zero-order chi connectivity index (χ0) is 68.2. The first-order valence-electron chi connectivity index (χ1n) is 31.5. The van der Waals surface area contributed by atoms with Crippen LogP contribution in [0, 0.1) is 12.8 Å². The van der Waals surface area contributed by atoms with Crippen molar-refractivity contribution in [2.24, 2.45) is 5.92 Å². The average Bonchev–Trinajstić information content (AvgIpc) is 1.53. The van der Waals surface area contributed by atoms with Crippen LogP contribution in [-0.4, -0.2) is 289 Å². The molecule has 2 unspecified atom stereocenters. The van der Waals surface area contributed by atoms with E-state index >= 15 is 0 Å². The number of aliphatic hydroxyl groups excluding tert-OH is 5. The maximum atomic E-state index is 13.5. The molecule has 0 aromatic heterocycles. The molecule has 0 aliphatic carbocycles. The molecule has 10 aliphatic rings. The van der Waals surface area contributed by atoms with Gasteiger partial charge in [0.15, 0.2) is 55.0 Å². The number of fused-ring (bicyclic) bond motifs is 4. The molecule has 34 heteroatoms. The lowest BCUT2D eigenvalue weighted by atomic mass is 9.80. The summed E-state index contributed by atoms with van der Waals surface area (Å²) in [5, 5.41) is 89.7. The first-order chi connectivity index (χ1) is 44.3. The molecule has 10 fully saturated rings. The van der Waals surface area contributed by atoms with Crippen LogP contribution in [0.5, 0.6) is 11.5 Å². The average molecular weight is 1390 g/mol. The summed E-state index contributed by atoms with van der Waals surface area (Å²) in [6.45, 7) is 15.2. The molecule has 0 saturated carbocycles. The predicted molar refractivity (Wildman–Crippen MR) is 309 cm³/mol. The Balaban J connectivity index is 0.723. The smallest absolute Gasteiger partial charge is 0.342 e. The lowest BCUT2D eigenvalue weighted by Crippen LogP contribution is -2.72. The first kappa shape index (κ1) is 72.5. The number of rotatable bonds is 17. The fourth-order valence-corrected chi connectivity index (χ4v) is 14.9. The topological polar surface area (TPSA) is 399 Å². The van der Waals surface area contributed by atoms with E-state index in [9.17, 15) is 50.4 Å². The van der Waals surface area contributed by atoms with Gasteiger partial charge in [0.25, 0.3) is 5.97 Å². The highest BCUT2D eigenvalue weighted by atomic mass is 35.5. The molecule has 0 amide bonds. The molecule has 10 heterocycles. The highest BCUT2D eigenvalue weighted by molar-refractivity contribution is 6.39. The number of hydrogen-bond donors (Lipinski definition) is 8.